The Labute approximate surface area is 178 Å². The quantitative estimate of drug-likeness (QED) is 0.599. The molecule has 0 bridgehead atoms. The molecule has 2 aromatic heterocycles. The molecule has 0 saturated heterocycles. The van der Waals surface area contributed by atoms with Gasteiger partial charge in [0.05, 0.1) is 28.3 Å². The summed E-state index contributed by atoms with van der Waals surface area (Å²) in [4.78, 5) is 25.1. The largest absolute Gasteiger partial charge is 0.436 e. The second-order valence-electron chi connectivity index (χ2n) is 7.00. The molecule has 2 unspecified atom stereocenters. The lowest BCUT2D eigenvalue weighted by Crippen LogP contribution is -2.42. The highest BCUT2D eigenvalue weighted by molar-refractivity contribution is 9.10. The van der Waals surface area contributed by atoms with E-state index in [4.69, 9.17) is 0 Å². The highest BCUT2D eigenvalue weighted by atomic mass is 79.9. The van der Waals surface area contributed by atoms with Crippen LogP contribution in [0.3, 0.4) is 0 Å². The molecule has 0 aliphatic carbocycles. The first-order valence-electron chi connectivity index (χ1n) is 9.07. The number of carbonyl (C=O) groups is 1. The van der Waals surface area contributed by atoms with E-state index in [0.29, 0.717) is 10.8 Å². The van der Waals surface area contributed by atoms with Crippen LogP contribution in [-0.2, 0) is 17.5 Å². The molecule has 30 heavy (non-hydrogen) atoms. The minimum Gasteiger partial charge on any atom is -0.350 e. The number of nitrogens with zero attached hydrogens (tertiary/aromatic N) is 4. The lowest BCUT2D eigenvalue weighted by Gasteiger charge is -2.19. The minimum atomic E-state index is -4.64. The van der Waals surface area contributed by atoms with E-state index in [1.165, 1.54) is 18.5 Å². The summed E-state index contributed by atoms with van der Waals surface area (Å²) in [6.07, 6.45) is -3.07. The van der Waals surface area contributed by atoms with Crippen molar-refractivity contribution in [1.29, 1.82) is 0 Å². The summed E-state index contributed by atoms with van der Waals surface area (Å²) in [5.74, 6) is -0.525. The highest BCUT2D eigenvalue weighted by Gasteiger charge is 2.39. The van der Waals surface area contributed by atoms with E-state index >= 15 is 0 Å². The number of aromatic nitrogens is 4. The molecule has 1 aromatic carbocycles. The second kappa shape index (κ2) is 8.21. The normalized spacial score (nSPS) is 14.0. The SMILES string of the molecule is Cc1c(Br)c(C(F)(F)F)nn1C(C)C(=O)NC(C)Cn1ncc2ccccc2c1=O. The molecule has 0 aliphatic rings. The highest BCUT2D eigenvalue weighted by Crippen LogP contribution is 2.36. The fourth-order valence-corrected chi connectivity index (χ4v) is 3.58. The van der Waals surface area contributed by atoms with Gasteiger partial charge in [-0.1, -0.05) is 18.2 Å². The smallest absolute Gasteiger partial charge is 0.350 e. The lowest BCUT2D eigenvalue weighted by atomic mass is 10.2. The van der Waals surface area contributed by atoms with Crippen LogP contribution in [0.25, 0.3) is 10.8 Å². The van der Waals surface area contributed by atoms with Crippen molar-refractivity contribution < 1.29 is 18.0 Å². The van der Waals surface area contributed by atoms with E-state index in [1.807, 2.05) is 0 Å². The number of rotatable bonds is 5. The zero-order chi connectivity index (χ0) is 22.2. The molecule has 2 atom stereocenters. The summed E-state index contributed by atoms with van der Waals surface area (Å²) >= 11 is 2.90. The summed E-state index contributed by atoms with van der Waals surface area (Å²) in [6, 6.07) is 5.55. The number of fused-ring (bicyclic) bond motifs is 1. The molecule has 160 valence electrons. The van der Waals surface area contributed by atoms with Gasteiger partial charge in [0.1, 0.15) is 6.04 Å². The third-order valence-corrected chi connectivity index (χ3v) is 5.64. The van der Waals surface area contributed by atoms with Gasteiger partial charge >= 0.3 is 6.18 Å². The first-order valence-corrected chi connectivity index (χ1v) is 9.87. The third kappa shape index (κ3) is 4.25. The van der Waals surface area contributed by atoms with Crippen LogP contribution in [0.4, 0.5) is 13.2 Å². The topological polar surface area (TPSA) is 81.8 Å². The molecular formula is C19H19BrF3N5O2. The Balaban J connectivity index is 1.75. The van der Waals surface area contributed by atoms with E-state index < -0.39 is 29.9 Å². The zero-order valence-corrected chi connectivity index (χ0v) is 18.0. The van der Waals surface area contributed by atoms with Gasteiger partial charge in [-0.15, -0.1) is 0 Å². The maximum absolute atomic E-state index is 13.1. The average molecular weight is 486 g/mol. The number of carbonyl (C=O) groups excluding carboxylic acids is 1. The molecule has 0 fully saturated rings. The van der Waals surface area contributed by atoms with E-state index in [9.17, 15) is 22.8 Å². The van der Waals surface area contributed by atoms with Crippen LogP contribution in [0.1, 0.15) is 31.3 Å². The van der Waals surface area contributed by atoms with Gasteiger partial charge in [-0.25, -0.2) is 4.68 Å². The monoisotopic (exact) mass is 485 g/mol. The standard InChI is InChI=1S/C19H19BrF3N5O2/c1-10(9-27-18(30)14-7-5-4-6-13(14)8-24-27)25-17(29)12(3)28-11(2)15(20)16(26-28)19(21,22)23/h4-8,10,12H,9H2,1-3H3,(H,25,29). The van der Waals surface area contributed by atoms with Crippen molar-refractivity contribution in [3.05, 3.63) is 56.7 Å². The maximum atomic E-state index is 13.1. The van der Waals surface area contributed by atoms with Crippen LogP contribution in [0.5, 0.6) is 0 Å². The molecular weight excluding hydrogens is 467 g/mol. The number of benzene rings is 1. The van der Waals surface area contributed by atoms with Crippen molar-refractivity contribution in [3.8, 4) is 0 Å². The fourth-order valence-electron chi connectivity index (χ4n) is 3.09. The Hall–Kier alpha value is -2.69. The molecule has 3 aromatic rings. The number of hydrogen-bond donors (Lipinski definition) is 1. The maximum Gasteiger partial charge on any atom is 0.436 e. The Morgan fingerprint density at radius 1 is 1.27 bits per heavy atom. The fraction of sp³-hybridized carbons (Fsp3) is 0.368. The van der Waals surface area contributed by atoms with Gasteiger partial charge in [-0.3, -0.25) is 14.3 Å². The van der Waals surface area contributed by atoms with Crippen molar-refractivity contribution >= 4 is 32.6 Å². The minimum absolute atomic E-state index is 0.109. The van der Waals surface area contributed by atoms with Crippen molar-refractivity contribution in [2.45, 2.75) is 45.6 Å². The Morgan fingerprint density at radius 2 is 1.93 bits per heavy atom. The molecule has 0 spiro atoms. The number of alkyl halides is 3. The summed E-state index contributed by atoms with van der Waals surface area (Å²) in [6.45, 7) is 4.69. The van der Waals surface area contributed by atoms with Crippen LogP contribution >= 0.6 is 15.9 Å². The average Bonchev–Trinajstić information content (AvgIpc) is 2.98. The Morgan fingerprint density at radius 3 is 2.57 bits per heavy atom. The molecule has 0 aliphatic heterocycles. The number of nitrogens with one attached hydrogen (secondary N) is 1. The zero-order valence-electron chi connectivity index (χ0n) is 16.4. The van der Waals surface area contributed by atoms with Gasteiger partial charge in [0.25, 0.3) is 5.56 Å². The van der Waals surface area contributed by atoms with Gasteiger partial charge < -0.3 is 5.32 Å². The predicted octanol–water partition coefficient (Wildman–Crippen LogP) is 3.45. The third-order valence-electron chi connectivity index (χ3n) is 4.69. The number of hydrogen-bond acceptors (Lipinski definition) is 4. The van der Waals surface area contributed by atoms with Gasteiger partial charge in [-0.2, -0.15) is 23.4 Å². The van der Waals surface area contributed by atoms with Crippen LogP contribution in [0.2, 0.25) is 0 Å². The Bertz CT molecular complexity index is 1160. The van der Waals surface area contributed by atoms with Gasteiger partial charge in [0.15, 0.2) is 5.69 Å². The van der Waals surface area contributed by atoms with Crippen LogP contribution in [0, 0.1) is 6.92 Å². The lowest BCUT2D eigenvalue weighted by molar-refractivity contribution is -0.142. The molecule has 0 saturated carbocycles. The van der Waals surface area contributed by atoms with Crippen molar-refractivity contribution in [2.75, 3.05) is 0 Å². The van der Waals surface area contributed by atoms with E-state index in [0.717, 1.165) is 4.68 Å². The van der Waals surface area contributed by atoms with Crippen molar-refractivity contribution in [1.82, 2.24) is 24.9 Å². The Kier molecular flexibility index (Phi) is 6.02. The molecule has 11 heteroatoms. The molecule has 2 heterocycles. The van der Waals surface area contributed by atoms with Crippen molar-refractivity contribution in [3.63, 3.8) is 0 Å². The van der Waals surface area contributed by atoms with Crippen LogP contribution < -0.4 is 10.9 Å². The number of halogens is 4. The first-order chi connectivity index (χ1) is 14.0. The van der Waals surface area contributed by atoms with Crippen molar-refractivity contribution in [2.24, 2.45) is 0 Å². The molecule has 3 rings (SSSR count). The molecule has 0 radical (unpaired) electrons. The molecule has 1 amide bonds. The molecule has 1 N–H and O–H groups in total. The van der Waals surface area contributed by atoms with Gasteiger partial charge in [0.2, 0.25) is 5.91 Å². The molecule has 7 nitrogen and oxygen atoms in total. The van der Waals surface area contributed by atoms with Gasteiger partial charge in [0, 0.05) is 11.4 Å². The van der Waals surface area contributed by atoms with E-state index in [-0.39, 0.29) is 22.3 Å². The summed E-state index contributed by atoms with van der Waals surface area (Å²) < 4.78 is 41.3. The summed E-state index contributed by atoms with van der Waals surface area (Å²) in [5, 5.41) is 11.6. The first kappa shape index (κ1) is 22.0. The number of amides is 1. The van der Waals surface area contributed by atoms with E-state index in [1.54, 1.807) is 37.4 Å². The van der Waals surface area contributed by atoms with Gasteiger partial charge in [-0.05, 0) is 42.8 Å². The predicted molar refractivity (Wildman–Crippen MR) is 108 cm³/mol. The summed E-state index contributed by atoms with van der Waals surface area (Å²) in [7, 11) is 0. The van der Waals surface area contributed by atoms with E-state index in [2.05, 4.69) is 31.4 Å². The van der Waals surface area contributed by atoms with Crippen LogP contribution in [0.15, 0.2) is 39.7 Å². The van der Waals surface area contributed by atoms with Crippen LogP contribution in [-0.4, -0.2) is 31.5 Å². The second-order valence-corrected chi connectivity index (χ2v) is 7.79. The summed E-state index contributed by atoms with van der Waals surface area (Å²) in [5.41, 5.74) is -1.19.